The number of alkyl halides is 3. The lowest BCUT2D eigenvalue weighted by Crippen LogP contribution is -2.31. The van der Waals surface area contributed by atoms with Crippen LogP contribution in [0.25, 0.3) is 0 Å². The predicted octanol–water partition coefficient (Wildman–Crippen LogP) is 3.28. The molecule has 1 heterocycles. The number of aromatic nitrogens is 2. The molecule has 0 aromatic carbocycles. The Balaban J connectivity index is 2.88. The molecule has 0 unspecified atom stereocenters. The molecule has 0 saturated heterocycles. The Kier molecular flexibility index (Phi) is 5.33. The van der Waals surface area contributed by atoms with Gasteiger partial charge >= 0.3 is 6.18 Å². The minimum absolute atomic E-state index is 0.0145. The smallest absolute Gasteiger partial charge is 0.340 e. The number of hydrogen-bond donors (Lipinski definition) is 0. The largest absolute Gasteiger partial charge is 0.390 e. The van der Waals surface area contributed by atoms with Gasteiger partial charge < -0.3 is 4.90 Å². The highest BCUT2D eigenvalue weighted by atomic mass is 35.5. The quantitative estimate of drug-likeness (QED) is 0.857. The molecule has 1 aromatic rings. The molecule has 20 heavy (non-hydrogen) atoms. The average molecular weight is 310 g/mol. The van der Waals surface area contributed by atoms with Crippen LogP contribution < -0.4 is 0 Å². The maximum absolute atomic E-state index is 12.1. The van der Waals surface area contributed by atoms with Gasteiger partial charge in [0.05, 0.1) is 17.6 Å². The van der Waals surface area contributed by atoms with Gasteiger partial charge in [-0.25, -0.2) is 9.97 Å². The zero-order valence-electron chi connectivity index (χ0n) is 11.3. The van der Waals surface area contributed by atoms with E-state index in [4.69, 9.17) is 11.6 Å². The fourth-order valence-corrected chi connectivity index (χ4v) is 1.56. The first kappa shape index (κ1) is 16.7. The van der Waals surface area contributed by atoms with Gasteiger partial charge in [-0.2, -0.15) is 13.2 Å². The van der Waals surface area contributed by atoms with Crippen molar-refractivity contribution in [1.29, 1.82) is 0 Å². The minimum Gasteiger partial charge on any atom is -0.340 e. The average Bonchev–Trinajstić information content (AvgIpc) is 2.34. The lowest BCUT2D eigenvalue weighted by atomic mass is 10.2. The molecule has 4 nitrogen and oxygen atoms in total. The Morgan fingerprint density at radius 3 is 2.55 bits per heavy atom. The van der Waals surface area contributed by atoms with Gasteiger partial charge in [-0.05, 0) is 0 Å². The van der Waals surface area contributed by atoms with Crippen molar-refractivity contribution < 1.29 is 18.0 Å². The lowest BCUT2D eigenvalue weighted by Gasteiger charge is -2.18. The van der Waals surface area contributed by atoms with Crippen LogP contribution in [0.3, 0.4) is 0 Å². The fraction of sp³-hybridized carbons (Fsp3) is 0.583. The Morgan fingerprint density at radius 2 is 2.05 bits per heavy atom. The third-order valence-electron chi connectivity index (χ3n) is 2.56. The summed E-state index contributed by atoms with van der Waals surface area (Å²) in [5, 5.41) is 0.0262. The van der Waals surface area contributed by atoms with Gasteiger partial charge in [-0.1, -0.05) is 25.4 Å². The topological polar surface area (TPSA) is 46.1 Å². The molecule has 8 heteroatoms. The van der Waals surface area contributed by atoms with Crippen molar-refractivity contribution in [3.63, 3.8) is 0 Å². The van der Waals surface area contributed by atoms with E-state index in [1.165, 1.54) is 13.2 Å². The summed E-state index contributed by atoms with van der Waals surface area (Å²) in [5.41, 5.74) is -0.0740. The van der Waals surface area contributed by atoms with Gasteiger partial charge in [-0.15, -0.1) is 0 Å². The van der Waals surface area contributed by atoms with Crippen molar-refractivity contribution in [2.45, 2.75) is 32.4 Å². The first-order valence-corrected chi connectivity index (χ1v) is 6.34. The van der Waals surface area contributed by atoms with E-state index in [0.717, 1.165) is 4.90 Å². The van der Waals surface area contributed by atoms with Gasteiger partial charge in [0, 0.05) is 19.5 Å². The van der Waals surface area contributed by atoms with Crippen molar-refractivity contribution >= 4 is 17.5 Å². The van der Waals surface area contributed by atoms with Gasteiger partial charge in [-0.3, -0.25) is 4.79 Å². The fourth-order valence-electron chi connectivity index (χ4n) is 1.39. The predicted molar refractivity (Wildman–Crippen MR) is 68.8 cm³/mol. The highest BCUT2D eigenvalue weighted by Gasteiger charge is 2.29. The number of halogens is 4. The summed E-state index contributed by atoms with van der Waals surface area (Å²) in [6.07, 6.45) is -4.10. The molecule has 0 bridgehead atoms. The molecule has 1 rings (SSSR count). The van der Waals surface area contributed by atoms with Gasteiger partial charge in [0.15, 0.2) is 5.69 Å². The van der Waals surface area contributed by atoms with Crippen LogP contribution in [0.15, 0.2) is 6.20 Å². The molecule has 0 fully saturated rings. The molecule has 0 radical (unpaired) electrons. The summed E-state index contributed by atoms with van der Waals surface area (Å²) < 4.78 is 36.4. The van der Waals surface area contributed by atoms with E-state index in [1.54, 1.807) is 0 Å². The Morgan fingerprint density at radius 1 is 1.45 bits per heavy atom. The second kappa shape index (κ2) is 6.39. The van der Waals surface area contributed by atoms with Crippen LogP contribution >= 0.6 is 11.6 Å². The van der Waals surface area contributed by atoms with Crippen molar-refractivity contribution in [3.05, 3.63) is 22.7 Å². The summed E-state index contributed by atoms with van der Waals surface area (Å²) in [4.78, 5) is 21.0. The van der Waals surface area contributed by atoms with Crippen molar-refractivity contribution in [3.8, 4) is 0 Å². The van der Waals surface area contributed by atoms with Gasteiger partial charge in [0.1, 0.15) is 5.82 Å². The molecule has 0 N–H and O–H groups in total. The van der Waals surface area contributed by atoms with Crippen LogP contribution in [0.2, 0.25) is 5.02 Å². The van der Waals surface area contributed by atoms with Crippen LogP contribution in [0.1, 0.15) is 42.5 Å². The number of rotatable bonds is 4. The van der Waals surface area contributed by atoms with Gasteiger partial charge in [0.25, 0.3) is 5.91 Å². The number of carbonyl (C=O) groups excluding carboxylic acids is 1. The summed E-state index contributed by atoms with van der Waals surface area (Å²) in [6.45, 7) is 3.23. The summed E-state index contributed by atoms with van der Waals surface area (Å²) in [5.74, 6) is -0.246. The molecule has 112 valence electrons. The molecule has 1 aromatic heterocycles. The second-order valence-electron chi connectivity index (χ2n) is 4.67. The second-order valence-corrected chi connectivity index (χ2v) is 5.08. The number of nitrogens with zero attached hydrogens (tertiary/aromatic N) is 3. The van der Waals surface area contributed by atoms with E-state index in [9.17, 15) is 18.0 Å². The van der Waals surface area contributed by atoms with E-state index >= 15 is 0 Å². The molecular weight excluding hydrogens is 295 g/mol. The van der Waals surface area contributed by atoms with Crippen LogP contribution in [0, 0.1) is 0 Å². The Bertz CT molecular complexity index is 491. The maximum Gasteiger partial charge on any atom is 0.390 e. The van der Waals surface area contributed by atoms with E-state index < -0.39 is 25.0 Å². The third-order valence-corrected chi connectivity index (χ3v) is 2.84. The monoisotopic (exact) mass is 309 g/mol. The van der Waals surface area contributed by atoms with Crippen molar-refractivity contribution in [1.82, 2.24) is 14.9 Å². The first-order chi connectivity index (χ1) is 9.11. The molecular formula is C12H15ClF3N3O. The summed E-state index contributed by atoms with van der Waals surface area (Å²) in [7, 11) is 1.28. The number of hydrogen-bond acceptors (Lipinski definition) is 3. The van der Waals surface area contributed by atoms with E-state index in [-0.39, 0.29) is 16.6 Å². The van der Waals surface area contributed by atoms with E-state index in [0.29, 0.717) is 5.82 Å². The highest BCUT2D eigenvalue weighted by Crippen LogP contribution is 2.21. The first-order valence-electron chi connectivity index (χ1n) is 5.96. The van der Waals surface area contributed by atoms with Crippen LogP contribution in [-0.2, 0) is 0 Å². The zero-order chi connectivity index (χ0) is 15.5. The highest BCUT2D eigenvalue weighted by molar-refractivity contribution is 6.33. The third kappa shape index (κ3) is 4.63. The van der Waals surface area contributed by atoms with Crippen LogP contribution in [0.4, 0.5) is 13.2 Å². The van der Waals surface area contributed by atoms with E-state index in [2.05, 4.69) is 9.97 Å². The summed E-state index contributed by atoms with van der Waals surface area (Å²) >= 11 is 5.84. The molecule has 1 amide bonds. The Labute approximate surface area is 120 Å². The standard InChI is InChI=1S/C12H15ClF3N3O/c1-7(2)10-17-6-8(13)9(18-10)11(20)19(3)5-4-12(14,15)16/h6-7H,4-5H2,1-3H3. The van der Waals surface area contributed by atoms with Crippen LogP contribution in [0.5, 0.6) is 0 Å². The van der Waals surface area contributed by atoms with Crippen molar-refractivity contribution in [2.24, 2.45) is 0 Å². The molecule has 0 aliphatic heterocycles. The van der Waals surface area contributed by atoms with Crippen molar-refractivity contribution in [2.75, 3.05) is 13.6 Å². The lowest BCUT2D eigenvalue weighted by molar-refractivity contribution is -0.136. The molecule has 0 spiro atoms. The SMILES string of the molecule is CC(C)c1ncc(Cl)c(C(=O)N(C)CCC(F)(F)F)n1. The molecule has 0 aliphatic rings. The number of amides is 1. The number of carbonyl (C=O) groups is 1. The van der Waals surface area contributed by atoms with Gasteiger partial charge in [0.2, 0.25) is 0 Å². The normalized spacial score (nSPS) is 11.8. The Hall–Kier alpha value is -1.37. The van der Waals surface area contributed by atoms with Crippen LogP contribution in [-0.4, -0.2) is 40.5 Å². The molecule has 0 saturated carbocycles. The molecule has 0 aliphatic carbocycles. The minimum atomic E-state index is -4.31. The van der Waals surface area contributed by atoms with E-state index in [1.807, 2.05) is 13.8 Å². The zero-order valence-corrected chi connectivity index (χ0v) is 12.1. The molecule has 0 atom stereocenters. The summed E-state index contributed by atoms with van der Waals surface area (Å²) in [6, 6.07) is 0. The maximum atomic E-state index is 12.1.